The van der Waals surface area contributed by atoms with Gasteiger partial charge < -0.3 is 10.5 Å². The Morgan fingerprint density at radius 3 is 2.83 bits per heavy atom. The zero-order chi connectivity index (χ0) is 8.97. The summed E-state index contributed by atoms with van der Waals surface area (Å²) in [7, 11) is 0. The summed E-state index contributed by atoms with van der Waals surface area (Å²) in [5.74, 6) is 0.399. The molecule has 70 valence electrons. The first-order valence-electron chi connectivity index (χ1n) is 4.63. The van der Waals surface area contributed by atoms with Crippen LogP contribution >= 0.6 is 0 Å². The van der Waals surface area contributed by atoms with E-state index in [0.717, 1.165) is 19.3 Å². The smallest absolute Gasteiger partial charge is 0.306 e. The number of carbonyl (C=O) groups is 1. The third-order valence-corrected chi connectivity index (χ3v) is 2.34. The lowest BCUT2D eigenvalue weighted by atomic mass is 10.0. The standard InChI is InChI=1S/C9H17NO2/c1-2-12-9(11)6-7-3-4-8(10)5-7/h7-8H,2-6,10H2,1H3/t7-,8+/m1/s1. The predicted molar refractivity (Wildman–Crippen MR) is 46.6 cm³/mol. The van der Waals surface area contributed by atoms with Crippen molar-refractivity contribution in [3.05, 3.63) is 0 Å². The Labute approximate surface area is 73.3 Å². The van der Waals surface area contributed by atoms with Gasteiger partial charge in [0.1, 0.15) is 0 Å². The fraction of sp³-hybridized carbons (Fsp3) is 0.889. The molecule has 3 heteroatoms. The van der Waals surface area contributed by atoms with E-state index < -0.39 is 0 Å². The van der Waals surface area contributed by atoms with Gasteiger partial charge in [0.05, 0.1) is 6.61 Å². The van der Waals surface area contributed by atoms with Crippen molar-refractivity contribution in [1.29, 1.82) is 0 Å². The number of hydrogen-bond donors (Lipinski definition) is 1. The van der Waals surface area contributed by atoms with Crippen LogP contribution < -0.4 is 5.73 Å². The molecule has 0 aliphatic heterocycles. The molecule has 0 amide bonds. The second-order valence-electron chi connectivity index (χ2n) is 3.45. The highest BCUT2D eigenvalue weighted by atomic mass is 16.5. The van der Waals surface area contributed by atoms with Crippen LogP contribution in [0.4, 0.5) is 0 Å². The zero-order valence-electron chi connectivity index (χ0n) is 7.58. The lowest BCUT2D eigenvalue weighted by Gasteiger charge is -2.07. The van der Waals surface area contributed by atoms with Crippen molar-refractivity contribution in [3.63, 3.8) is 0 Å². The molecule has 0 aromatic carbocycles. The molecular formula is C9H17NO2. The van der Waals surface area contributed by atoms with Gasteiger partial charge in [-0.3, -0.25) is 4.79 Å². The van der Waals surface area contributed by atoms with E-state index in [1.54, 1.807) is 0 Å². The molecule has 0 spiro atoms. The average Bonchev–Trinajstić information content (AvgIpc) is 2.36. The van der Waals surface area contributed by atoms with Crippen LogP contribution in [0.5, 0.6) is 0 Å². The number of hydrogen-bond acceptors (Lipinski definition) is 3. The molecule has 3 nitrogen and oxygen atoms in total. The molecule has 1 aliphatic rings. The van der Waals surface area contributed by atoms with Gasteiger partial charge in [-0.1, -0.05) is 0 Å². The summed E-state index contributed by atoms with van der Waals surface area (Å²) in [6.45, 7) is 2.32. The van der Waals surface area contributed by atoms with Gasteiger partial charge in [-0.25, -0.2) is 0 Å². The predicted octanol–water partition coefficient (Wildman–Crippen LogP) is 1.07. The molecule has 0 radical (unpaired) electrons. The Balaban J connectivity index is 2.18. The maximum absolute atomic E-state index is 11.0. The van der Waals surface area contributed by atoms with Crippen molar-refractivity contribution in [2.45, 2.75) is 38.6 Å². The summed E-state index contributed by atoms with van der Waals surface area (Å²) in [5, 5.41) is 0. The molecule has 1 rings (SSSR count). The van der Waals surface area contributed by atoms with Crippen molar-refractivity contribution >= 4 is 5.97 Å². The minimum atomic E-state index is -0.0726. The molecule has 1 fully saturated rings. The largest absolute Gasteiger partial charge is 0.466 e. The maximum atomic E-state index is 11.0. The highest BCUT2D eigenvalue weighted by Gasteiger charge is 2.24. The molecule has 0 unspecified atom stereocenters. The topological polar surface area (TPSA) is 52.3 Å². The van der Waals surface area contributed by atoms with Crippen LogP contribution in [-0.2, 0) is 9.53 Å². The number of carbonyl (C=O) groups excluding carboxylic acids is 1. The summed E-state index contributed by atoms with van der Waals surface area (Å²) in [6.07, 6.45) is 3.68. The van der Waals surface area contributed by atoms with Gasteiger partial charge in [-0.05, 0) is 32.1 Å². The average molecular weight is 171 g/mol. The number of nitrogens with two attached hydrogens (primary N) is 1. The summed E-state index contributed by atoms with van der Waals surface area (Å²) < 4.78 is 4.86. The molecule has 0 aromatic rings. The lowest BCUT2D eigenvalue weighted by Crippen LogP contribution is -2.16. The van der Waals surface area contributed by atoms with Crippen LogP contribution in [0.2, 0.25) is 0 Å². The van der Waals surface area contributed by atoms with Crippen LogP contribution in [0.1, 0.15) is 32.6 Å². The van der Waals surface area contributed by atoms with Gasteiger partial charge >= 0.3 is 5.97 Å². The Kier molecular flexibility index (Phi) is 3.53. The summed E-state index contributed by atoms with van der Waals surface area (Å²) in [4.78, 5) is 11.0. The molecule has 0 saturated heterocycles. The number of rotatable bonds is 3. The normalized spacial score (nSPS) is 28.8. The van der Waals surface area contributed by atoms with Gasteiger partial charge in [-0.2, -0.15) is 0 Å². The van der Waals surface area contributed by atoms with E-state index in [1.165, 1.54) is 0 Å². The van der Waals surface area contributed by atoms with Crippen LogP contribution in [0.25, 0.3) is 0 Å². The Bertz CT molecular complexity index is 159. The monoisotopic (exact) mass is 171 g/mol. The fourth-order valence-corrected chi connectivity index (χ4v) is 1.75. The van der Waals surface area contributed by atoms with E-state index in [-0.39, 0.29) is 5.97 Å². The van der Waals surface area contributed by atoms with Gasteiger partial charge in [0.15, 0.2) is 0 Å². The quantitative estimate of drug-likeness (QED) is 0.646. The minimum absolute atomic E-state index is 0.0726. The molecule has 2 atom stereocenters. The van der Waals surface area contributed by atoms with Gasteiger partial charge in [-0.15, -0.1) is 0 Å². The summed E-state index contributed by atoms with van der Waals surface area (Å²) >= 11 is 0. The third-order valence-electron chi connectivity index (χ3n) is 2.34. The summed E-state index contributed by atoms with van der Waals surface area (Å²) in [6, 6.07) is 0.310. The molecule has 2 N–H and O–H groups in total. The molecule has 12 heavy (non-hydrogen) atoms. The van der Waals surface area contributed by atoms with Crippen molar-refractivity contribution in [3.8, 4) is 0 Å². The second kappa shape index (κ2) is 4.45. The SMILES string of the molecule is CCOC(=O)C[C@@H]1CC[C@H](N)C1. The lowest BCUT2D eigenvalue weighted by molar-refractivity contribution is -0.144. The van der Waals surface area contributed by atoms with E-state index in [2.05, 4.69) is 0 Å². The number of esters is 1. The highest BCUT2D eigenvalue weighted by Crippen LogP contribution is 2.26. The first kappa shape index (κ1) is 9.52. The van der Waals surface area contributed by atoms with Crippen LogP contribution in [-0.4, -0.2) is 18.6 Å². The van der Waals surface area contributed by atoms with E-state index in [0.29, 0.717) is 25.0 Å². The Morgan fingerprint density at radius 1 is 1.58 bits per heavy atom. The van der Waals surface area contributed by atoms with E-state index in [9.17, 15) is 4.79 Å². The first-order chi connectivity index (χ1) is 5.72. The van der Waals surface area contributed by atoms with Crippen molar-refractivity contribution < 1.29 is 9.53 Å². The van der Waals surface area contributed by atoms with Crippen LogP contribution in [0.15, 0.2) is 0 Å². The number of ether oxygens (including phenoxy) is 1. The molecule has 1 saturated carbocycles. The fourth-order valence-electron chi connectivity index (χ4n) is 1.75. The van der Waals surface area contributed by atoms with Crippen molar-refractivity contribution in [2.75, 3.05) is 6.61 Å². The van der Waals surface area contributed by atoms with Gasteiger partial charge in [0.25, 0.3) is 0 Å². The third kappa shape index (κ3) is 2.81. The van der Waals surface area contributed by atoms with Crippen molar-refractivity contribution in [2.24, 2.45) is 11.7 Å². The second-order valence-corrected chi connectivity index (χ2v) is 3.45. The maximum Gasteiger partial charge on any atom is 0.306 e. The van der Waals surface area contributed by atoms with Crippen molar-refractivity contribution in [1.82, 2.24) is 0 Å². The van der Waals surface area contributed by atoms with E-state index in [1.807, 2.05) is 6.92 Å². The van der Waals surface area contributed by atoms with Gasteiger partial charge in [0, 0.05) is 12.5 Å². The Morgan fingerprint density at radius 2 is 2.33 bits per heavy atom. The highest BCUT2D eigenvalue weighted by molar-refractivity contribution is 5.69. The van der Waals surface area contributed by atoms with E-state index >= 15 is 0 Å². The molecular weight excluding hydrogens is 154 g/mol. The van der Waals surface area contributed by atoms with Crippen LogP contribution in [0.3, 0.4) is 0 Å². The Hall–Kier alpha value is -0.570. The summed E-state index contributed by atoms with van der Waals surface area (Å²) in [5.41, 5.74) is 5.72. The molecule has 0 bridgehead atoms. The van der Waals surface area contributed by atoms with Crippen LogP contribution in [0, 0.1) is 5.92 Å². The van der Waals surface area contributed by atoms with E-state index in [4.69, 9.17) is 10.5 Å². The zero-order valence-corrected chi connectivity index (χ0v) is 7.58. The van der Waals surface area contributed by atoms with Gasteiger partial charge in [0.2, 0.25) is 0 Å². The molecule has 1 aliphatic carbocycles. The molecule has 0 aromatic heterocycles. The minimum Gasteiger partial charge on any atom is -0.466 e. The first-order valence-corrected chi connectivity index (χ1v) is 4.63. The molecule has 0 heterocycles.